The van der Waals surface area contributed by atoms with Gasteiger partial charge in [-0.3, -0.25) is 19.8 Å². The van der Waals surface area contributed by atoms with Crippen molar-refractivity contribution in [2.24, 2.45) is 5.84 Å². The van der Waals surface area contributed by atoms with E-state index in [1.54, 1.807) is 0 Å². The molecule has 0 bridgehead atoms. The Hall–Kier alpha value is -2.35. The predicted molar refractivity (Wildman–Crippen MR) is 60.0 cm³/mol. The highest BCUT2D eigenvalue weighted by Gasteiger charge is 2.40. The van der Waals surface area contributed by atoms with Crippen molar-refractivity contribution in [3.8, 4) is 0 Å². The number of hydrazine groups is 1. The number of halogens is 2. The normalized spacial score (nSPS) is 13.7. The van der Waals surface area contributed by atoms with Crippen LogP contribution in [0.25, 0.3) is 0 Å². The third-order valence-electron chi connectivity index (χ3n) is 2.74. The Morgan fingerprint density at radius 2 is 1.89 bits per heavy atom. The maximum atomic E-state index is 13.6. The van der Waals surface area contributed by atoms with E-state index in [4.69, 9.17) is 5.84 Å². The summed E-state index contributed by atoms with van der Waals surface area (Å²) in [6.45, 7) is -0.263. The van der Waals surface area contributed by atoms with Crippen molar-refractivity contribution < 1.29 is 23.2 Å². The van der Waals surface area contributed by atoms with Crippen molar-refractivity contribution in [1.82, 2.24) is 5.43 Å². The third kappa shape index (κ3) is 2.06. The van der Waals surface area contributed by atoms with Crippen LogP contribution in [-0.4, -0.2) is 24.1 Å². The van der Waals surface area contributed by atoms with Crippen molar-refractivity contribution in [2.45, 2.75) is 6.42 Å². The topological polar surface area (TPSA) is 92.5 Å². The molecule has 8 heteroatoms. The van der Waals surface area contributed by atoms with E-state index in [0.717, 1.165) is 17.0 Å². The quantitative estimate of drug-likeness (QED) is 0.346. The van der Waals surface area contributed by atoms with E-state index in [9.17, 15) is 23.2 Å². The van der Waals surface area contributed by atoms with Gasteiger partial charge in [0.15, 0.2) is 0 Å². The van der Waals surface area contributed by atoms with Gasteiger partial charge < -0.3 is 4.90 Å². The van der Waals surface area contributed by atoms with Crippen molar-refractivity contribution in [3.05, 3.63) is 29.3 Å². The largest absolute Gasteiger partial charge is 0.301 e. The minimum atomic E-state index is -1.12. The number of ketones is 1. The number of hydrogen-bond acceptors (Lipinski definition) is 4. The average Bonchev–Trinajstić information content (AvgIpc) is 2.65. The van der Waals surface area contributed by atoms with E-state index >= 15 is 0 Å². The third-order valence-corrected chi connectivity index (χ3v) is 2.74. The van der Waals surface area contributed by atoms with E-state index in [0.29, 0.717) is 0 Å². The number of benzene rings is 1. The van der Waals surface area contributed by atoms with Crippen LogP contribution >= 0.6 is 0 Å². The van der Waals surface area contributed by atoms with Gasteiger partial charge in [0.05, 0.1) is 11.3 Å². The molecule has 2 amide bonds. The van der Waals surface area contributed by atoms with E-state index in [-0.39, 0.29) is 13.0 Å². The van der Waals surface area contributed by atoms with E-state index in [1.165, 1.54) is 0 Å². The SMILES string of the molecule is NNC(=O)CCN1C(=O)C(=O)c2c(F)ccc(F)c21. The van der Waals surface area contributed by atoms with Gasteiger partial charge in [-0.15, -0.1) is 0 Å². The average molecular weight is 269 g/mol. The summed E-state index contributed by atoms with van der Waals surface area (Å²) in [6, 6.07) is 1.59. The Morgan fingerprint density at radius 3 is 2.53 bits per heavy atom. The summed E-state index contributed by atoms with van der Waals surface area (Å²) in [6.07, 6.45) is -0.231. The molecule has 6 nitrogen and oxygen atoms in total. The second-order valence-electron chi connectivity index (χ2n) is 3.86. The summed E-state index contributed by atoms with van der Waals surface area (Å²) in [4.78, 5) is 35.0. The molecular weight excluding hydrogens is 260 g/mol. The minimum Gasteiger partial charge on any atom is -0.301 e. The van der Waals surface area contributed by atoms with Crippen molar-refractivity contribution in [2.75, 3.05) is 11.4 Å². The van der Waals surface area contributed by atoms with Crippen molar-refractivity contribution in [3.63, 3.8) is 0 Å². The molecule has 0 spiro atoms. The van der Waals surface area contributed by atoms with Gasteiger partial charge in [0.2, 0.25) is 5.91 Å². The molecule has 2 rings (SSSR count). The summed E-state index contributed by atoms with van der Waals surface area (Å²) < 4.78 is 27.1. The monoisotopic (exact) mass is 269 g/mol. The Morgan fingerprint density at radius 1 is 1.26 bits per heavy atom. The molecule has 0 atom stereocenters. The maximum Gasteiger partial charge on any atom is 0.299 e. The fraction of sp³-hybridized carbons (Fsp3) is 0.182. The van der Waals surface area contributed by atoms with Gasteiger partial charge in [-0.25, -0.2) is 14.6 Å². The molecule has 19 heavy (non-hydrogen) atoms. The number of amides is 2. The zero-order valence-electron chi connectivity index (χ0n) is 9.57. The van der Waals surface area contributed by atoms with E-state index in [1.807, 2.05) is 5.43 Å². The minimum absolute atomic E-state index is 0.231. The second kappa shape index (κ2) is 4.73. The fourth-order valence-corrected chi connectivity index (χ4v) is 1.85. The lowest BCUT2D eigenvalue weighted by atomic mass is 10.1. The van der Waals surface area contributed by atoms with Crippen molar-refractivity contribution in [1.29, 1.82) is 0 Å². The van der Waals surface area contributed by atoms with Crippen LogP contribution in [0.2, 0.25) is 0 Å². The number of carbonyl (C=O) groups excluding carboxylic acids is 3. The summed E-state index contributed by atoms with van der Waals surface area (Å²) in [7, 11) is 0. The Kier molecular flexibility index (Phi) is 3.26. The van der Waals surface area contributed by atoms with Gasteiger partial charge in [0.25, 0.3) is 11.7 Å². The highest BCUT2D eigenvalue weighted by Crippen LogP contribution is 2.33. The highest BCUT2D eigenvalue weighted by atomic mass is 19.1. The van der Waals surface area contributed by atoms with Crippen LogP contribution in [0.1, 0.15) is 16.8 Å². The number of rotatable bonds is 3. The van der Waals surface area contributed by atoms with Crippen LogP contribution in [-0.2, 0) is 9.59 Å². The fourth-order valence-electron chi connectivity index (χ4n) is 1.85. The molecular formula is C11H9F2N3O3. The van der Waals surface area contributed by atoms with Crippen LogP contribution in [0.4, 0.5) is 14.5 Å². The molecule has 0 saturated heterocycles. The first-order valence-electron chi connectivity index (χ1n) is 5.31. The summed E-state index contributed by atoms with van der Waals surface area (Å²) in [5, 5.41) is 0. The first kappa shape index (κ1) is 13.1. The number of hydrogen-bond donors (Lipinski definition) is 2. The van der Waals surface area contributed by atoms with Crippen LogP contribution in [0, 0.1) is 11.6 Å². The Balaban J connectivity index is 2.39. The predicted octanol–water partition coefficient (Wildman–Crippen LogP) is -0.126. The number of Topliss-reactive ketones (excluding diaryl/α,β-unsaturated/α-hetero) is 1. The molecule has 1 aliphatic heterocycles. The van der Waals surface area contributed by atoms with E-state index < -0.39 is 40.5 Å². The zero-order valence-corrected chi connectivity index (χ0v) is 9.57. The lowest BCUT2D eigenvalue weighted by Crippen LogP contribution is -2.36. The standard InChI is InChI=1S/C11H9F2N3O3/c12-5-1-2-6(13)9-8(5)10(18)11(19)16(9)4-3-7(17)15-14/h1-2H,3-4,14H2,(H,15,17). The summed E-state index contributed by atoms with van der Waals surface area (Å²) >= 11 is 0. The smallest absolute Gasteiger partial charge is 0.299 e. The van der Waals surface area contributed by atoms with Gasteiger partial charge >= 0.3 is 0 Å². The molecule has 0 aromatic heterocycles. The second-order valence-corrected chi connectivity index (χ2v) is 3.86. The molecule has 100 valence electrons. The van der Waals surface area contributed by atoms with Gasteiger partial charge in [-0.1, -0.05) is 0 Å². The zero-order chi connectivity index (χ0) is 14.2. The first-order chi connectivity index (χ1) is 8.97. The molecule has 1 aromatic carbocycles. The van der Waals surface area contributed by atoms with Gasteiger partial charge in [-0.05, 0) is 12.1 Å². The molecule has 0 aliphatic carbocycles. The number of nitrogens with two attached hydrogens (primary N) is 1. The van der Waals surface area contributed by atoms with E-state index in [2.05, 4.69) is 0 Å². The summed E-state index contributed by atoms with van der Waals surface area (Å²) in [5.74, 6) is 0.209. The number of nitrogens with zero attached hydrogens (tertiary/aromatic N) is 1. The van der Waals surface area contributed by atoms with Crippen LogP contribution < -0.4 is 16.2 Å². The molecule has 1 heterocycles. The number of fused-ring (bicyclic) bond motifs is 1. The van der Waals surface area contributed by atoms with Crippen LogP contribution in [0.3, 0.4) is 0 Å². The van der Waals surface area contributed by atoms with Crippen LogP contribution in [0.5, 0.6) is 0 Å². The maximum absolute atomic E-state index is 13.6. The van der Waals surface area contributed by atoms with Crippen molar-refractivity contribution >= 4 is 23.3 Å². The summed E-state index contributed by atoms with van der Waals surface area (Å²) in [5.41, 5.74) is 0.806. The molecule has 0 saturated carbocycles. The molecule has 0 radical (unpaired) electrons. The first-order valence-corrected chi connectivity index (χ1v) is 5.31. The highest BCUT2D eigenvalue weighted by molar-refractivity contribution is 6.52. The van der Waals surface area contributed by atoms with Gasteiger partial charge in [-0.2, -0.15) is 0 Å². The number of carbonyl (C=O) groups is 3. The molecule has 3 N–H and O–H groups in total. The molecule has 0 fully saturated rings. The lowest BCUT2D eigenvalue weighted by molar-refractivity contribution is -0.121. The van der Waals surface area contributed by atoms with Crippen LogP contribution in [0.15, 0.2) is 12.1 Å². The molecule has 0 unspecified atom stereocenters. The number of anilines is 1. The lowest BCUT2D eigenvalue weighted by Gasteiger charge is -2.16. The Bertz CT molecular complexity index is 589. The molecule has 1 aliphatic rings. The number of nitrogens with one attached hydrogen (secondary N) is 1. The van der Waals surface area contributed by atoms with Gasteiger partial charge in [0.1, 0.15) is 11.6 Å². The Labute approximate surface area is 106 Å². The van der Waals surface area contributed by atoms with Gasteiger partial charge in [0, 0.05) is 13.0 Å². The molecule has 1 aromatic rings.